The Kier molecular flexibility index (Phi) is 3.81. The molecule has 0 saturated carbocycles. The Bertz CT molecular complexity index is 713. The van der Waals surface area contributed by atoms with Crippen LogP contribution in [0, 0.1) is 11.3 Å². The zero-order chi connectivity index (χ0) is 15.9. The van der Waals surface area contributed by atoms with E-state index in [0.717, 1.165) is 5.92 Å². The highest BCUT2D eigenvalue weighted by atomic mass is 15.2. The zero-order valence-corrected chi connectivity index (χ0v) is 14.4. The van der Waals surface area contributed by atoms with Gasteiger partial charge in [-0.25, -0.2) is 0 Å². The fourth-order valence-corrected chi connectivity index (χ4v) is 4.59. The van der Waals surface area contributed by atoms with Crippen LogP contribution in [-0.4, -0.2) is 29.0 Å². The predicted octanol–water partition coefficient (Wildman–Crippen LogP) is 4.78. The van der Waals surface area contributed by atoms with Crippen molar-refractivity contribution in [3.05, 3.63) is 48.2 Å². The number of H-pyrrole nitrogens is 1. The van der Waals surface area contributed by atoms with E-state index in [9.17, 15) is 0 Å². The number of hydrogen-bond acceptors (Lipinski definition) is 1. The number of nitrogens with zero attached hydrogens (tertiary/aromatic N) is 1. The number of nitrogens with one attached hydrogen (secondary N) is 1. The van der Waals surface area contributed by atoms with Crippen LogP contribution in [-0.2, 0) is 6.42 Å². The third-order valence-corrected chi connectivity index (χ3v) is 6.41. The van der Waals surface area contributed by atoms with Gasteiger partial charge in [-0.05, 0) is 48.8 Å². The molecule has 1 aliphatic carbocycles. The number of benzene rings is 1. The van der Waals surface area contributed by atoms with Crippen LogP contribution in [0.3, 0.4) is 0 Å². The summed E-state index contributed by atoms with van der Waals surface area (Å²) in [5.41, 5.74) is 3.27. The van der Waals surface area contributed by atoms with Gasteiger partial charge in [0.2, 0.25) is 0 Å². The average Bonchev–Trinajstić information content (AvgIpc) is 2.99. The maximum absolute atomic E-state index is 3.40. The minimum absolute atomic E-state index is 0.534. The molecule has 3 aliphatic rings. The van der Waals surface area contributed by atoms with Crippen molar-refractivity contribution < 1.29 is 0 Å². The van der Waals surface area contributed by atoms with Gasteiger partial charge in [-0.1, -0.05) is 50.6 Å². The van der Waals surface area contributed by atoms with Gasteiger partial charge in [-0.2, -0.15) is 0 Å². The van der Waals surface area contributed by atoms with E-state index in [1.807, 2.05) is 0 Å². The molecule has 3 unspecified atom stereocenters. The van der Waals surface area contributed by atoms with E-state index in [0.29, 0.717) is 11.5 Å². The lowest BCUT2D eigenvalue weighted by Crippen LogP contribution is -2.53. The molecule has 1 N–H and O–H groups in total. The van der Waals surface area contributed by atoms with Crippen LogP contribution in [0.4, 0.5) is 0 Å². The number of aryl methyl sites for hydroxylation is 1. The molecule has 2 heteroatoms. The second-order valence-electron chi connectivity index (χ2n) is 7.73. The first-order valence-electron chi connectivity index (χ1n) is 9.17. The van der Waals surface area contributed by atoms with Crippen LogP contribution in [0.15, 0.2) is 42.6 Å². The normalized spacial score (nSPS) is 30.3. The Morgan fingerprint density at radius 2 is 2.13 bits per heavy atom. The van der Waals surface area contributed by atoms with Gasteiger partial charge in [0.15, 0.2) is 0 Å². The molecule has 23 heavy (non-hydrogen) atoms. The summed E-state index contributed by atoms with van der Waals surface area (Å²) in [7, 11) is 0. The standard InChI is InChI=1S/C21H28N2/c1-3-21(2)13-18-11-10-17(21)15-23(18)12-6-7-16-14-22-20-9-5-4-8-19(16)20/h4-5,8-11,14,17-18,22H,3,6-7,12-13,15H2,1-2H3. The van der Waals surface area contributed by atoms with Crippen molar-refractivity contribution in [1.29, 1.82) is 0 Å². The average molecular weight is 308 g/mol. The monoisotopic (exact) mass is 308 g/mol. The van der Waals surface area contributed by atoms with Crippen LogP contribution in [0.5, 0.6) is 0 Å². The number of hydrogen-bond donors (Lipinski definition) is 1. The summed E-state index contributed by atoms with van der Waals surface area (Å²) in [5, 5.41) is 1.39. The summed E-state index contributed by atoms with van der Waals surface area (Å²) in [6.45, 7) is 7.33. The van der Waals surface area contributed by atoms with Crippen molar-refractivity contribution in [2.45, 2.75) is 45.6 Å². The molecule has 2 nitrogen and oxygen atoms in total. The third-order valence-electron chi connectivity index (χ3n) is 6.41. The van der Waals surface area contributed by atoms with E-state index in [4.69, 9.17) is 0 Å². The molecule has 0 spiro atoms. The van der Waals surface area contributed by atoms with Gasteiger partial charge in [-0.15, -0.1) is 0 Å². The molecule has 2 aromatic rings. The van der Waals surface area contributed by atoms with E-state index in [2.05, 4.69) is 66.3 Å². The van der Waals surface area contributed by atoms with E-state index in [1.54, 1.807) is 0 Å². The lowest BCUT2D eigenvalue weighted by molar-refractivity contribution is 0.0251. The largest absolute Gasteiger partial charge is 0.361 e. The predicted molar refractivity (Wildman–Crippen MR) is 97.6 cm³/mol. The van der Waals surface area contributed by atoms with E-state index in [-0.39, 0.29) is 0 Å². The fraction of sp³-hybridized carbons (Fsp3) is 0.524. The lowest BCUT2D eigenvalue weighted by atomic mass is 9.64. The van der Waals surface area contributed by atoms with Crippen molar-refractivity contribution in [1.82, 2.24) is 9.88 Å². The number of aromatic nitrogens is 1. The Balaban J connectivity index is 1.37. The Morgan fingerprint density at radius 1 is 1.26 bits per heavy atom. The molecular weight excluding hydrogens is 280 g/mol. The maximum atomic E-state index is 3.40. The Morgan fingerprint density at radius 3 is 2.91 bits per heavy atom. The highest BCUT2D eigenvalue weighted by Crippen LogP contribution is 2.46. The number of para-hydroxylation sites is 1. The highest BCUT2D eigenvalue weighted by molar-refractivity contribution is 5.82. The van der Waals surface area contributed by atoms with Crippen LogP contribution >= 0.6 is 0 Å². The van der Waals surface area contributed by atoms with E-state index in [1.165, 1.54) is 55.2 Å². The Hall–Kier alpha value is -1.54. The topological polar surface area (TPSA) is 19.0 Å². The number of fused-ring (bicyclic) bond motifs is 3. The van der Waals surface area contributed by atoms with Gasteiger partial charge in [0.25, 0.3) is 0 Å². The molecule has 1 aromatic carbocycles. The summed E-state index contributed by atoms with van der Waals surface area (Å²) in [4.78, 5) is 6.12. The summed E-state index contributed by atoms with van der Waals surface area (Å²) >= 11 is 0. The minimum Gasteiger partial charge on any atom is -0.361 e. The first-order chi connectivity index (χ1) is 11.2. The summed E-state index contributed by atoms with van der Waals surface area (Å²) < 4.78 is 0. The number of aromatic amines is 1. The van der Waals surface area contributed by atoms with Gasteiger partial charge in [0, 0.05) is 29.7 Å². The molecule has 3 atom stereocenters. The number of piperidine rings is 1. The molecule has 2 aliphatic heterocycles. The molecule has 0 radical (unpaired) electrons. The van der Waals surface area contributed by atoms with Crippen molar-refractivity contribution in [3.8, 4) is 0 Å². The molecule has 122 valence electrons. The summed E-state index contributed by atoms with van der Waals surface area (Å²) in [6.07, 6.45) is 12.2. The minimum atomic E-state index is 0.534. The van der Waals surface area contributed by atoms with E-state index >= 15 is 0 Å². The maximum Gasteiger partial charge on any atom is 0.0456 e. The first-order valence-corrected chi connectivity index (χ1v) is 9.17. The van der Waals surface area contributed by atoms with Crippen molar-refractivity contribution >= 4 is 10.9 Å². The van der Waals surface area contributed by atoms with Gasteiger partial charge in [0.1, 0.15) is 0 Å². The van der Waals surface area contributed by atoms with Gasteiger partial charge < -0.3 is 4.98 Å². The molecular formula is C21H28N2. The zero-order valence-electron chi connectivity index (χ0n) is 14.4. The van der Waals surface area contributed by atoms with Crippen LogP contribution in [0.25, 0.3) is 10.9 Å². The molecule has 2 bridgehead atoms. The number of rotatable bonds is 5. The van der Waals surface area contributed by atoms with Crippen LogP contribution in [0.2, 0.25) is 0 Å². The fourth-order valence-electron chi connectivity index (χ4n) is 4.59. The Labute approximate surface area is 139 Å². The second-order valence-corrected chi connectivity index (χ2v) is 7.73. The second kappa shape index (κ2) is 5.83. The quantitative estimate of drug-likeness (QED) is 0.788. The molecule has 1 aromatic heterocycles. The third kappa shape index (κ3) is 2.63. The van der Waals surface area contributed by atoms with Crippen LogP contribution < -0.4 is 0 Å². The van der Waals surface area contributed by atoms with Crippen molar-refractivity contribution in [2.24, 2.45) is 11.3 Å². The van der Waals surface area contributed by atoms with Gasteiger partial charge in [0.05, 0.1) is 0 Å². The molecule has 0 amide bonds. The van der Waals surface area contributed by atoms with Crippen molar-refractivity contribution in [3.63, 3.8) is 0 Å². The molecule has 1 fully saturated rings. The van der Waals surface area contributed by atoms with Crippen molar-refractivity contribution in [2.75, 3.05) is 13.1 Å². The first kappa shape index (κ1) is 15.0. The summed E-state index contributed by atoms with van der Waals surface area (Å²) in [6, 6.07) is 9.31. The van der Waals surface area contributed by atoms with Crippen LogP contribution in [0.1, 0.15) is 38.7 Å². The molecule has 3 heterocycles. The summed E-state index contributed by atoms with van der Waals surface area (Å²) in [5.74, 6) is 0.755. The molecule has 5 rings (SSSR count). The van der Waals surface area contributed by atoms with E-state index < -0.39 is 0 Å². The SMILES string of the molecule is CCC1(C)CC2C=CC1CN2CCCc1c[nH]c2ccccc12. The van der Waals surface area contributed by atoms with Gasteiger partial charge in [-0.3, -0.25) is 4.90 Å². The van der Waals surface area contributed by atoms with Gasteiger partial charge >= 0.3 is 0 Å². The highest BCUT2D eigenvalue weighted by Gasteiger charge is 2.43. The molecule has 1 saturated heterocycles. The smallest absolute Gasteiger partial charge is 0.0456 e. The lowest BCUT2D eigenvalue weighted by Gasteiger charge is -2.52.